The molecule has 0 atom stereocenters. The number of aromatic amines is 1. The Labute approximate surface area is 185 Å². The molecule has 0 saturated heterocycles. The monoisotopic (exact) mass is 458 g/mol. The van der Waals surface area contributed by atoms with Crippen molar-refractivity contribution in [2.24, 2.45) is 0 Å². The Morgan fingerprint density at radius 1 is 1.18 bits per heavy atom. The molecule has 4 rings (SSSR count). The van der Waals surface area contributed by atoms with E-state index in [2.05, 4.69) is 25.2 Å². The molecule has 0 amide bonds. The fourth-order valence-electron chi connectivity index (χ4n) is 3.37. The molecule has 0 fully saturated rings. The van der Waals surface area contributed by atoms with E-state index in [9.17, 15) is 23.1 Å². The molecule has 4 aromatic rings. The molecule has 3 N–H and O–H groups in total. The molecule has 2 aromatic carbocycles. The summed E-state index contributed by atoms with van der Waals surface area (Å²) in [6, 6.07) is 12.6. The first-order chi connectivity index (χ1) is 15.7. The number of nitrogens with zero attached hydrogens (tertiary/aromatic N) is 2. The van der Waals surface area contributed by atoms with Gasteiger partial charge in [0.1, 0.15) is 17.3 Å². The number of ether oxygens (including phenoxy) is 2. The van der Waals surface area contributed by atoms with Crippen LogP contribution in [0.15, 0.2) is 54.7 Å². The van der Waals surface area contributed by atoms with E-state index >= 15 is 0 Å². The molecule has 0 saturated carbocycles. The fraction of sp³-hybridized carbons (Fsp3) is 0.136. The van der Waals surface area contributed by atoms with Crippen molar-refractivity contribution in [1.29, 1.82) is 0 Å². The smallest absolute Gasteiger partial charge is 0.496 e. The zero-order valence-corrected chi connectivity index (χ0v) is 17.1. The number of methoxy groups -OCH3 is 1. The van der Waals surface area contributed by atoms with E-state index in [1.54, 1.807) is 36.5 Å². The lowest BCUT2D eigenvalue weighted by Gasteiger charge is -2.11. The van der Waals surface area contributed by atoms with Gasteiger partial charge in [-0.25, -0.2) is 9.78 Å². The van der Waals surface area contributed by atoms with Crippen LogP contribution >= 0.6 is 0 Å². The number of aromatic nitrogens is 3. The second-order valence-corrected chi connectivity index (χ2v) is 6.92. The van der Waals surface area contributed by atoms with E-state index < -0.39 is 12.3 Å². The molecule has 0 aliphatic heterocycles. The van der Waals surface area contributed by atoms with Gasteiger partial charge >= 0.3 is 12.3 Å². The maximum atomic E-state index is 12.4. The second-order valence-electron chi connectivity index (χ2n) is 6.92. The van der Waals surface area contributed by atoms with Crippen molar-refractivity contribution in [3.05, 3.63) is 66.0 Å². The lowest BCUT2D eigenvalue weighted by Crippen LogP contribution is -2.17. The molecular weight excluding hydrogens is 441 g/mol. The Bertz CT molecular complexity index is 1300. The number of hydrogen-bond donors (Lipinski definition) is 3. The zero-order valence-electron chi connectivity index (χ0n) is 17.1. The van der Waals surface area contributed by atoms with Crippen molar-refractivity contribution in [2.75, 3.05) is 12.4 Å². The molecule has 0 radical (unpaired) electrons. The van der Waals surface area contributed by atoms with Gasteiger partial charge in [0.05, 0.1) is 18.0 Å². The highest BCUT2D eigenvalue weighted by Crippen LogP contribution is 2.35. The highest BCUT2D eigenvalue weighted by molar-refractivity contribution is 6.08. The second kappa shape index (κ2) is 8.69. The van der Waals surface area contributed by atoms with Crippen molar-refractivity contribution in [3.8, 4) is 22.6 Å². The first-order valence-corrected chi connectivity index (χ1v) is 9.58. The minimum atomic E-state index is -4.75. The Balaban J connectivity index is 1.53. The molecule has 0 unspecified atom stereocenters. The Kier molecular flexibility index (Phi) is 5.78. The lowest BCUT2D eigenvalue weighted by atomic mass is 10.0. The van der Waals surface area contributed by atoms with Crippen LogP contribution < -0.4 is 14.8 Å². The van der Waals surface area contributed by atoms with Crippen molar-refractivity contribution in [1.82, 2.24) is 15.2 Å². The minimum Gasteiger partial charge on any atom is -0.496 e. The number of carbonyl (C=O) groups is 1. The van der Waals surface area contributed by atoms with Crippen LogP contribution in [0.3, 0.4) is 0 Å². The van der Waals surface area contributed by atoms with E-state index in [-0.39, 0.29) is 18.0 Å². The summed E-state index contributed by atoms with van der Waals surface area (Å²) in [7, 11) is 1.44. The van der Waals surface area contributed by atoms with E-state index in [1.807, 2.05) is 0 Å². The van der Waals surface area contributed by atoms with Crippen LogP contribution in [0, 0.1) is 0 Å². The van der Waals surface area contributed by atoms with E-state index in [0.717, 1.165) is 0 Å². The number of hydrogen-bond acceptors (Lipinski definition) is 6. The number of halogens is 3. The summed E-state index contributed by atoms with van der Waals surface area (Å²) in [5.41, 5.74) is 2.32. The molecule has 0 spiro atoms. The third-order valence-corrected chi connectivity index (χ3v) is 4.79. The number of rotatable bonds is 7. The Hall–Kier alpha value is -4.28. The number of carboxylic acids is 1. The van der Waals surface area contributed by atoms with Gasteiger partial charge in [-0.1, -0.05) is 12.1 Å². The van der Waals surface area contributed by atoms with Crippen LogP contribution in [0.25, 0.3) is 22.0 Å². The summed E-state index contributed by atoms with van der Waals surface area (Å²) >= 11 is 0. The molecule has 0 aliphatic carbocycles. The molecule has 8 nitrogen and oxygen atoms in total. The van der Waals surface area contributed by atoms with E-state index in [4.69, 9.17) is 4.74 Å². The van der Waals surface area contributed by atoms with Crippen LogP contribution in [-0.2, 0) is 6.54 Å². The predicted molar refractivity (Wildman–Crippen MR) is 113 cm³/mol. The number of benzene rings is 2. The molecule has 11 heteroatoms. The van der Waals surface area contributed by atoms with E-state index in [1.165, 1.54) is 25.3 Å². The molecule has 0 bridgehead atoms. The third kappa shape index (κ3) is 4.81. The summed E-state index contributed by atoms with van der Waals surface area (Å²) in [4.78, 5) is 15.8. The number of fused-ring (bicyclic) bond motifs is 1. The zero-order chi connectivity index (χ0) is 23.6. The highest BCUT2D eigenvalue weighted by Gasteiger charge is 2.31. The highest BCUT2D eigenvalue weighted by atomic mass is 19.4. The van der Waals surface area contributed by atoms with Crippen LogP contribution in [0.4, 0.5) is 19.0 Å². The summed E-state index contributed by atoms with van der Waals surface area (Å²) in [6.45, 7) is 0.233. The van der Waals surface area contributed by atoms with E-state index in [0.29, 0.717) is 39.2 Å². The normalized spacial score (nSPS) is 11.4. The van der Waals surface area contributed by atoms with Crippen molar-refractivity contribution in [2.45, 2.75) is 12.9 Å². The van der Waals surface area contributed by atoms with Gasteiger partial charge in [0.15, 0.2) is 5.69 Å². The van der Waals surface area contributed by atoms with Crippen molar-refractivity contribution >= 4 is 22.7 Å². The summed E-state index contributed by atoms with van der Waals surface area (Å²) in [5, 5.41) is 19.4. The number of nitrogens with one attached hydrogen (secondary N) is 2. The van der Waals surface area contributed by atoms with Gasteiger partial charge in [-0.2, -0.15) is 5.10 Å². The van der Waals surface area contributed by atoms with Crippen molar-refractivity contribution < 1.29 is 32.5 Å². The maximum Gasteiger partial charge on any atom is 0.573 e. The quantitative estimate of drug-likeness (QED) is 0.363. The van der Waals surface area contributed by atoms with Gasteiger partial charge in [0.25, 0.3) is 0 Å². The average Bonchev–Trinajstić information content (AvgIpc) is 3.22. The number of anilines is 1. The number of carboxylic acid groups (broad SMARTS) is 1. The Morgan fingerprint density at radius 2 is 2.00 bits per heavy atom. The number of alkyl halides is 3. The third-order valence-electron chi connectivity index (χ3n) is 4.79. The van der Waals surface area contributed by atoms with Crippen LogP contribution in [-0.4, -0.2) is 39.7 Å². The number of pyridine rings is 1. The average molecular weight is 458 g/mol. The molecular formula is C22H17F3N4O4. The summed E-state index contributed by atoms with van der Waals surface area (Å²) < 4.78 is 46.4. The van der Waals surface area contributed by atoms with Gasteiger partial charge in [-0.15, -0.1) is 13.2 Å². The largest absolute Gasteiger partial charge is 0.573 e. The lowest BCUT2D eigenvalue weighted by molar-refractivity contribution is -0.274. The van der Waals surface area contributed by atoms with Crippen LogP contribution in [0.5, 0.6) is 11.5 Å². The molecule has 2 heterocycles. The maximum absolute atomic E-state index is 12.4. The van der Waals surface area contributed by atoms with Crippen molar-refractivity contribution in [3.63, 3.8) is 0 Å². The molecule has 2 aromatic heterocycles. The molecule has 170 valence electrons. The predicted octanol–water partition coefficient (Wildman–Crippen LogP) is 4.84. The topological polar surface area (TPSA) is 109 Å². The first kappa shape index (κ1) is 21.9. The van der Waals surface area contributed by atoms with Gasteiger partial charge in [-0.05, 0) is 42.0 Å². The summed E-state index contributed by atoms with van der Waals surface area (Å²) in [5.74, 6) is -0.600. The number of H-pyrrole nitrogens is 1. The standard InChI is InChI=1S/C22H17F3N4O4/c1-32-16-7-6-15(19-18(16)20(21(30)31)29-28-19)13-5-8-17(27-11-13)26-10-12-3-2-4-14(9-12)33-22(23,24)25/h2-9,11H,10H2,1H3,(H,26,27)(H,28,29)(H,30,31). The van der Waals surface area contributed by atoms with Crippen LogP contribution in [0.1, 0.15) is 16.1 Å². The summed E-state index contributed by atoms with van der Waals surface area (Å²) in [6.07, 6.45) is -3.16. The Morgan fingerprint density at radius 3 is 2.67 bits per heavy atom. The minimum absolute atomic E-state index is 0.147. The first-order valence-electron chi connectivity index (χ1n) is 9.58. The van der Waals surface area contributed by atoms with Gasteiger partial charge < -0.3 is 19.9 Å². The van der Waals surface area contributed by atoms with Gasteiger partial charge in [0.2, 0.25) is 0 Å². The molecule has 0 aliphatic rings. The van der Waals surface area contributed by atoms with Crippen LogP contribution in [0.2, 0.25) is 0 Å². The van der Waals surface area contributed by atoms with Gasteiger partial charge in [0, 0.05) is 23.9 Å². The molecule has 33 heavy (non-hydrogen) atoms. The fourth-order valence-corrected chi connectivity index (χ4v) is 3.37. The van der Waals surface area contributed by atoms with Gasteiger partial charge in [-0.3, -0.25) is 5.10 Å². The number of aromatic carboxylic acids is 1. The SMILES string of the molecule is COc1ccc(-c2ccc(NCc3cccc(OC(F)(F)F)c3)nc2)c2[nH]nc(C(=O)O)c12.